The number of rotatable bonds is 6. The van der Waals surface area contributed by atoms with Crippen LogP contribution in [0, 0.1) is 5.92 Å². The normalized spacial score (nSPS) is 22.6. The predicted molar refractivity (Wildman–Crippen MR) is 61.9 cm³/mol. The van der Waals surface area contributed by atoms with Crippen LogP contribution in [0.4, 0.5) is 0 Å². The van der Waals surface area contributed by atoms with Crippen molar-refractivity contribution in [3.63, 3.8) is 0 Å². The van der Waals surface area contributed by atoms with Crippen molar-refractivity contribution < 1.29 is 9.84 Å². The Labute approximate surface area is 93.2 Å². The molecule has 1 rings (SSSR count). The summed E-state index contributed by atoms with van der Waals surface area (Å²) < 4.78 is 5.34. The van der Waals surface area contributed by atoms with Gasteiger partial charge >= 0.3 is 0 Å². The fraction of sp³-hybridized carbons (Fsp3) is 1.00. The molecule has 2 unspecified atom stereocenters. The first kappa shape index (κ1) is 12.9. The van der Waals surface area contributed by atoms with Crippen LogP contribution in [0.2, 0.25) is 0 Å². The molecular formula is C12H25NO2. The van der Waals surface area contributed by atoms with Gasteiger partial charge in [-0.1, -0.05) is 13.3 Å². The molecule has 0 amide bonds. The van der Waals surface area contributed by atoms with Crippen molar-refractivity contribution in [2.75, 3.05) is 19.8 Å². The first-order valence-electron chi connectivity index (χ1n) is 6.23. The Morgan fingerprint density at radius 3 is 2.67 bits per heavy atom. The molecule has 0 bridgehead atoms. The molecule has 3 heteroatoms. The molecule has 90 valence electrons. The van der Waals surface area contributed by atoms with E-state index in [2.05, 4.69) is 19.2 Å². The van der Waals surface area contributed by atoms with Gasteiger partial charge < -0.3 is 15.2 Å². The highest BCUT2D eigenvalue weighted by Gasteiger charge is 2.20. The molecule has 0 aromatic rings. The lowest BCUT2D eigenvalue weighted by atomic mass is 9.93. The molecular weight excluding hydrogens is 190 g/mol. The number of aliphatic hydroxyl groups is 1. The smallest absolute Gasteiger partial charge is 0.0664 e. The largest absolute Gasteiger partial charge is 0.392 e. The Morgan fingerprint density at radius 1 is 1.40 bits per heavy atom. The SMILES string of the molecule is CCCC(O)CNC(C)C1CCOCC1. The Hall–Kier alpha value is -0.120. The second-order valence-corrected chi connectivity index (χ2v) is 4.59. The van der Waals surface area contributed by atoms with Crippen LogP contribution in [-0.2, 0) is 4.74 Å². The number of nitrogens with one attached hydrogen (secondary N) is 1. The van der Waals surface area contributed by atoms with Gasteiger partial charge in [0.05, 0.1) is 6.10 Å². The van der Waals surface area contributed by atoms with Crippen LogP contribution in [0.5, 0.6) is 0 Å². The lowest BCUT2D eigenvalue weighted by Gasteiger charge is -2.29. The maximum absolute atomic E-state index is 9.61. The highest BCUT2D eigenvalue weighted by Crippen LogP contribution is 2.18. The van der Waals surface area contributed by atoms with E-state index in [1.807, 2.05) is 0 Å². The maximum atomic E-state index is 9.61. The second kappa shape index (κ2) is 7.20. The standard InChI is InChI=1S/C12H25NO2/c1-3-4-12(14)9-13-10(2)11-5-7-15-8-6-11/h10-14H,3-9H2,1-2H3. The van der Waals surface area contributed by atoms with E-state index in [4.69, 9.17) is 4.74 Å². The molecule has 0 saturated carbocycles. The molecule has 1 aliphatic rings. The molecule has 15 heavy (non-hydrogen) atoms. The summed E-state index contributed by atoms with van der Waals surface area (Å²) in [5.41, 5.74) is 0. The molecule has 1 fully saturated rings. The van der Waals surface area contributed by atoms with Gasteiger partial charge in [-0.15, -0.1) is 0 Å². The molecule has 0 radical (unpaired) electrons. The molecule has 0 aromatic heterocycles. The van der Waals surface area contributed by atoms with Gasteiger partial charge in [-0.3, -0.25) is 0 Å². The molecule has 1 saturated heterocycles. The molecule has 2 N–H and O–H groups in total. The van der Waals surface area contributed by atoms with Gasteiger partial charge in [0.2, 0.25) is 0 Å². The highest BCUT2D eigenvalue weighted by atomic mass is 16.5. The quantitative estimate of drug-likeness (QED) is 0.706. The summed E-state index contributed by atoms with van der Waals surface area (Å²) in [5, 5.41) is 13.0. The zero-order valence-electron chi connectivity index (χ0n) is 10.0. The molecule has 1 aliphatic heterocycles. The summed E-state index contributed by atoms with van der Waals surface area (Å²) in [7, 11) is 0. The van der Waals surface area contributed by atoms with Crippen molar-refractivity contribution >= 4 is 0 Å². The van der Waals surface area contributed by atoms with Crippen molar-refractivity contribution in [2.24, 2.45) is 5.92 Å². The topological polar surface area (TPSA) is 41.5 Å². The monoisotopic (exact) mass is 215 g/mol. The van der Waals surface area contributed by atoms with E-state index in [0.717, 1.165) is 45.4 Å². The first-order valence-corrected chi connectivity index (χ1v) is 6.23. The molecule has 3 nitrogen and oxygen atoms in total. The Balaban J connectivity index is 2.13. The van der Waals surface area contributed by atoms with Crippen molar-refractivity contribution in [3.05, 3.63) is 0 Å². The minimum absolute atomic E-state index is 0.183. The Kier molecular flexibility index (Phi) is 6.22. The Bertz CT molecular complexity index is 158. The molecule has 0 spiro atoms. The zero-order valence-corrected chi connectivity index (χ0v) is 10.0. The number of hydrogen-bond acceptors (Lipinski definition) is 3. The zero-order chi connectivity index (χ0) is 11.1. The highest BCUT2D eigenvalue weighted by molar-refractivity contribution is 4.75. The average Bonchev–Trinajstić information content (AvgIpc) is 2.27. The third kappa shape index (κ3) is 4.96. The fourth-order valence-electron chi connectivity index (χ4n) is 2.14. The predicted octanol–water partition coefficient (Wildman–Crippen LogP) is 1.55. The molecule has 0 aliphatic carbocycles. The minimum Gasteiger partial charge on any atom is -0.392 e. The number of hydrogen-bond donors (Lipinski definition) is 2. The third-order valence-corrected chi connectivity index (χ3v) is 3.27. The number of ether oxygens (including phenoxy) is 1. The van der Waals surface area contributed by atoms with E-state index in [1.165, 1.54) is 0 Å². The van der Waals surface area contributed by atoms with E-state index in [1.54, 1.807) is 0 Å². The van der Waals surface area contributed by atoms with Crippen molar-refractivity contribution in [2.45, 2.75) is 51.7 Å². The molecule has 0 aromatic carbocycles. The van der Waals surface area contributed by atoms with E-state index >= 15 is 0 Å². The van der Waals surface area contributed by atoms with Crippen molar-refractivity contribution in [1.82, 2.24) is 5.32 Å². The van der Waals surface area contributed by atoms with Crippen molar-refractivity contribution in [3.8, 4) is 0 Å². The first-order chi connectivity index (χ1) is 7.24. The summed E-state index contributed by atoms with van der Waals surface area (Å²) in [5.74, 6) is 0.715. The van der Waals surface area contributed by atoms with Gasteiger partial charge in [0.15, 0.2) is 0 Å². The summed E-state index contributed by atoms with van der Waals surface area (Å²) in [6.45, 7) is 6.84. The van der Waals surface area contributed by atoms with Crippen molar-refractivity contribution in [1.29, 1.82) is 0 Å². The minimum atomic E-state index is -0.183. The molecule has 2 atom stereocenters. The van der Waals surface area contributed by atoms with Crippen LogP contribution in [0.3, 0.4) is 0 Å². The van der Waals surface area contributed by atoms with Crippen LogP contribution < -0.4 is 5.32 Å². The summed E-state index contributed by atoms with van der Waals surface area (Å²) in [6, 6.07) is 0.500. The summed E-state index contributed by atoms with van der Waals surface area (Å²) in [6.07, 6.45) is 4.07. The average molecular weight is 215 g/mol. The lowest BCUT2D eigenvalue weighted by molar-refractivity contribution is 0.0534. The van der Waals surface area contributed by atoms with Crippen LogP contribution in [-0.4, -0.2) is 37.0 Å². The van der Waals surface area contributed by atoms with Gasteiger partial charge in [-0.25, -0.2) is 0 Å². The summed E-state index contributed by atoms with van der Waals surface area (Å²) >= 11 is 0. The van der Waals surface area contributed by atoms with E-state index in [-0.39, 0.29) is 6.10 Å². The van der Waals surface area contributed by atoms with Gasteiger partial charge in [0.25, 0.3) is 0 Å². The van der Waals surface area contributed by atoms with E-state index < -0.39 is 0 Å². The number of aliphatic hydroxyl groups excluding tert-OH is 1. The van der Waals surface area contributed by atoms with Gasteiger partial charge in [-0.05, 0) is 32.1 Å². The fourth-order valence-corrected chi connectivity index (χ4v) is 2.14. The second-order valence-electron chi connectivity index (χ2n) is 4.59. The van der Waals surface area contributed by atoms with Crippen LogP contribution >= 0.6 is 0 Å². The third-order valence-electron chi connectivity index (χ3n) is 3.27. The van der Waals surface area contributed by atoms with Crippen LogP contribution in [0.15, 0.2) is 0 Å². The Morgan fingerprint density at radius 2 is 2.07 bits per heavy atom. The van der Waals surface area contributed by atoms with Gasteiger partial charge in [-0.2, -0.15) is 0 Å². The van der Waals surface area contributed by atoms with Crippen LogP contribution in [0.1, 0.15) is 39.5 Å². The molecule has 1 heterocycles. The maximum Gasteiger partial charge on any atom is 0.0664 e. The van der Waals surface area contributed by atoms with E-state index in [0.29, 0.717) is 12.0 Å². The summed E-state index contributed by atoms with van der Waals surface area (Å²) in [4.78, 5) is 0. The van der Waals surface area contributed by atoms with E-state index in [9.17, 15) is 5.11 Å². The lowest BCUT2D eigenvalue weighted by Crippen LogP contribution is -2.40. The van der Waals surface area contributed by atoms with Gasteiger partial charge in [0.1, 0.15) is 0 Å². The van der Waals surface area contributed by atoms with Crippen LogP contribution in [0.25, 0.3) is 0 Å². The van der Waals surface area contributed by atoms with Gasteiger partial charge in [0, 0.05) is 25.8 Å².